The molecule has 1 aromatic heterocycles. The van der Waals surface area contributed by atoms with E-state index in [0.29, 0.717) is 6.54 Å². The molecule has 0 atom stereocenters. The van der Waals surface area contributed by atoms with Crippen molar-refractivity contribution in [1.29, 1.82) is 0 Å². The Morgan fingerprint density at radius 2 is 2.50 bits per heavy atom. The van der Waals surface area contributed by atoms with Gasteiger partial charge in [0.15, 0.2) is 0 Å². The predicted octanol–water partition coefficient (Wildman–Crippen LogP) is 1.69. The Morgan fingerprint density at radius 3 is 3.08 bits per heavy atom. The van der Waals surface area contributed by atoms with Crippen molar-refractivity contribution in [3.63, 3.8) is 0 Å². The molecule has 0 aliphatic rings. The van der Waals surface area contributed by atoms with Crippen LogP contribution in [0.3, 0.4) is 0 Å². The summed E-state index contributed by atoms with van der Waals surface area (Å²) in [5.74, 6) is 0.0619. The fourth-order valence-electron chi connectivity index (χ4n) is 0.836. The van der Waals surface area contributed by atoms with Gasteiger partial charge in [0.25, 0.3) is 0 Å². The zero-order valence-corrected chi connectivity index (χ0v) is 6.63. The van der Waals surface area contributed by atoms with E-state index in [0.717, 1.165) is 6.42 Å². The van der Waals surface area contributed by atoms with Crippen LogP contribution in [0.2, 0.25) is 0 Å². The molecule has 0 saturated heterocycles. The number of aryl methyl sites for hydroxylation is 1. The van der Waals surface area contributed by atoms with Crippen molar-refractivity contribution in [2.75, 3.05) is 0 Å². The first-order chi connectivity index (χ1) is 5.74. The third-order valence-electron chi connectivity index (χ3n) is 1.27. The average Bonchev–Trinajstić information content (AvgIpc) is 2.37. The highest BCUT2D eigenvalue weighted by Crippen LogP contribution is 2.12. The smallest absolute Gasteiger partial charge is 0.388 e. The highest BCUT2D eigenvalue weighted by Gasteiger charge is 2.08. The molecule has 5 heteroatoms. The molecule has 0 aliphatic heterocycles. The lowest BCUT2D eigenvalue weighted by molar-refractivity contribution is -0.0558. The molecule has 1 heterocycles. The molecule has 1 aromatic rings. The summed E-state index contributed by atoms with van der Waals surface area (Å²) in [4.78, 5) is 0. The van der Waals surface area contributed by atoms with E-state index in [2.05, 4.69) is 16.0 Å². The van der Waals surface area contributed by atoms with E-state index in [1.165, 1.54) is 10.7 Å². The van der Waals surface area contributed by atoms with E-state index in [-0.39, 0.29) is 5.88 Å². The minimum absolute atomic E-state index is 0.0619. The summed E-state index contributed by atoms with van der Waals surface area (Å²) in [6.45, 7) is -0.315. The van der Waals surface area contributed by atoms with E-state index >= 15 is 0 Å². The van der Waals surface area contributed by atoms with Crippen LogP contribution < -0.4 is 4.74 Å². The first kappa shape index (κ1) is 8.96. The average molecular weight is 175 g/mol. The van der Waals surface area contributed by atoms with E-state index in [1.807, 2.05) is 6.92 Å². The Balaban J connectivity index is 2.63. The molecule has 0 fully saturated rings. The summed E-state index contributed by atoms with van der Waals surface area (Å²) >= 11 is 0. The van der Waals surface area contributed by atoms with Gasteiger partial charge in [-0.2, -0.15) is 13.9 Å². The second-order valence-electron chi connectivity index (χ2n) is 2.21. The Labute approximate surface area is 68.9 Å². The van der Waals surface area contributed by atoms with Crippen LogP contribution in [0.5, 0.6) is 5.88 Å². The van der Waals surface area contributed by atoms with Gasteiger partial charge in [-0.15, -0.1) is 0 Å². The van der Waals surface area contributed by atoms with Crippen LogP contribution in [0.4, 0.5) is 8.78 Å². The molecule has 0 amide bonds. The Bertz CT molecular complexity index is 237. The van der Waals surface area contributed by atoms with Crippen molar-refractivity contribution in [2.24, 2.45) is 0 Å². The highest BCUT2D eigenvalue weighted by atomic mass is 19.3. The van der Waals surface area contributed by atoms with Crippen LogP contribution >= 0.6 is 0 Å². The second kappa shape index (κ2) is 4.04. The van der Waals surface area contributed by atoms with Crippen molar-refractivity contribution in [2.45, 2.75) is 26.5 Å². The van der Waals surface area contributed by atoms with Gasteiger partial charge in [-0.25, -0.2) is 4.68 Å². The Kier molecular flexibility index (Phi) is 3.01. The second-order valence-corrected chi connectivity index (χ2v) is 2.21. The summed E-state index contributed by atoms with van der Waals surface area (Å²) < 4.78 is 29.0. The third kappa shape index (κ3) is 2.18. The number of ether oxygens (including phenoxy) is 1. The van der Waals surface area contributed by atoms with E-state index in [1.54, 1.807) is 0 Å². The molecule has 0 bridgehead atoms. The molecule has 0 aliphatic carbocycles. The van der Waals surface area contributed by atoms with Crippen LogP contribution in [-0.2, 0) is 6.54 Å². The monoisotopic (exact) mass is 175 g/mol. The van der Waals surface area contributed by atoms with E-state index in [9.17, 15) is 8.78 Å². The topological polar surface area (TPSA) is 27.1 Å². The van der Waals surface area contributed by atoms with Crippen molar-refractivity contribution in [3.8, 4) is 5.88 Å². The SMILES string of the molecule is CCCn1n[c]cc1OC(F)F. The summed E-state index contributed by atoms with van der Waals surface area (Å²) in [6, 6.07) is 1.29. The molecule has 67 valence electrons. The maximum atomic E-state index is 11.7. The van der Waals surface area contributed by atoms with Gasteiger partial charge in [0.05, 0.1) is 0 Å². The highest BCUT2D eigenvalue weighted by molar-refractivity contribution is 5.06. The first-order valence-electron chi connectivity index (χ1n) is 3.62. The lowest BCUT2D eigenvalue weighted by Crippen LogP contribution is -2.08. The fourth-order valence-corrected chi connectivity index (χ4v) is 0.836. The molecular formula is C7H9F2N2O. The van der Waals surface area contributed by atoms with Crippen LogP contribution in [0.25, 0.3) is 0 Å². The van der Waals surface area contributed by atoms with E-state index in [4.69, 9.17) is 0 Å². The first-order valence-corrected chi connectivity index (χ1v) is 3.62. The molecule has 0 saturated carbocycles. The van der Waals surface area contributed by atoms with Crippen molar-refractivity contribution >= 4 is 0 Å². The van der Waals surface area contributed by atoms with Crippen molar-refractivity contribution in [1.82, 2.24) is 9.78 Å². The summed E-state index contributed by atoms with van der Waals surface area (Å²) in [7, 11) is 0. The lowest BCUT2D eigenvalue weighted by atomic mass is 10.5. The number of aromatic nitrogens is 2. The summed E-state index contributed by atoms with van der Waals surface area (Å²) in [6.07, 6.45) is 3.26. The maximum absolute atomic E-state index is 11.7. The van der Waals surface area contributed by atoms with Gasteiger partial charge < -0.3 is 4.74 Å². The molecule has 0 spiro atoms. The molecule has 1 rings (SSSR count). The molecule has 0 N–H and O–H groups in total. The van der Waals surface area contributed by atoms with Crippen LogP contribution in [0.15, 0.2) is 6.07 Å². The maximum Gasteiger partial charge on any atom is 0.388 e. The van der Waals surface area contributed by atoms with Gasteiger partial charge in [0, 0.05) is 12.6 Å². The van der Waals surface area contributed by atoms with Crippen molar-refractivity contribution < 1.29 is 13.5 Å². The molecular weight excluding hydrogens is 166 g/mol. The van der Waals surface area contributed by atoms with Crippen LogP contribution in [0.1, 0.15) is 13.3 Å². The number of halogens is 2. The van der Waals surface area contributed by atoms with E-state index < -0.39 is 6.61 Å². The lowest BCUT2D eigenvalue weighted by Gasteiger charge is -2.05. The van der Waals surface area contributed by atoms with Gasteiger partial charge in [-0.05, 0) is 6.42 Å². The summed E-state index contributed by atoms with van der Waals surface area (Å²) in [5, 5.41) is 3.69. The molecule has 1 radical (unpaired) electrons. The minimum Gasteiger partial charge on any atom is -0.417 e. The molecule has 0 aromatic carbocycles. The molecule has 12 heavy (non-hydrogen) atoms. The number of rotatable bonds is 4. The quantitative estimate of drug-likeness (QED) is 0.696. The largest absolute Gasteiger partial charge is 0.417 e. The summed E-state index contributed by atoms with van der Waals surface area (Å²) in [5.41, 5.74) is 0. The van der Waals surface area contributed by atoms with Gasteiger partial charge in [0.1, 0.15) is 6.20 Å². The van der Waals surface area contributed by atoms with Crippen molar-refractivity contribution in [3.05, 3.63) is 12.3 Å². The fraction of sp³-hybridized carbons (Fsp3) is 0.571. The minimum atomic E-state index is -2.80. The number of alkyl halides is 2. The Hall–Kier alpha value is -1.13. The Morgan fingerprint density at radius 1 is 1.75 bits per heavy atom. The van der Waals surface area contributed by atoms with Gasteiger partial charge in [0.2, 0.25) is 5.88 Å². The molecule has 0 unspecified atom stereocenters. The standard InChI is InChI=1S/C7H9F2N2O/c1-2-5-11-6(3-4-10-11)12-7(8)9/h3,7H,2,5H2,1H3. The predicted molar refractivity (Wildman–Crippen MR) is 38.0 cm³/mol. The zero-order chi connectivity index (χ0) is 8.97. The number of hydrogen-bond donors (Lipinski definition) is 0. The van der Waals surface area contributed by atoms with Crippen LogP contribution in [0, 0.1) is 6.20 Å². The third-order valence-corrected chi connectivity index (χ3v) is 1.27. The normalized spacial score (nSPS) is 10.7. The zero-order valence-electron chi connectivity index (χ0n) is 6.63. The van der Waals surface area contributed by atoms with Gasteiger partial charge in [-0.3, -0.25) is 0 Å². The number of nitrogens with zero attached hydrogens (tertiary/aromatic N) is 2. The van der Waals surface area contributed by atoms with Gasteiger partial charge in [-0.1, -0.05) is 6.92 Å². The van der Waals surface area contributed by atoms with Crippen LogP contribution in [-0.4, -0.2) is 16.4 Å². The van der Waals surface area contributed by atoms with Gasteiger partial charge >= 0.3 is 6.61 Å². The number of hydrogen-bond acceptors (Lipinski definition) is 2. The molecule has 3 nitrogen and oxygen atoms in total.